The third-order valence-electron chi connectivity index (χ3n) is 1.56. The van der Waals surface area contributed by atoms with Gasteiger partial charge < -0.3 is 10.5 Å². The van der Waals surface area contributed by atoms with Crippen molar-refractivity contribution >= 4 is 21.7 Å². The zero-order chi connectivity index (χ0) is 12.2. The molecule has 0 unspecified atom stereocenters. The van der Waals surface area contributed by atoms with Crippen molar-refractivity contribution in [1.82, 2.24) is 9.97 Å². The Morgan fingerprint density at radius 1 is 1.44 bits per heavy atom. The maximum atomic E-state index is 11.7. The summed E-state index contributed by atoms with van der Waals surface area (Å²) in [4.78, 5) is 7.74. The molecule has 0 saturated carbocycles. The number of anilines is 1. The molecule has 16 heavy (non-hydrogen) atoms. The van der Waals surface area contributed by atoms with Crippen LogP contribution in [0.3, 0.4) is 0 Å². The number of hydrogen-bond acceptors (Lipinski definition) is 4. The average Bonchev–Trinajstić information content (AvgIpc) is 2.17. The van der Waals surface area contributed by atoms with Gasteiger partial charge in [-0.3, -0.25) is 0 Å². The lowest BCUT2D eigenvalue weighted by Crippen LogP contribution is -2.18. The van der Waals surface area contributed by atoms with Crippen molar-refractivity contribution in [3.05, 3.63) is 16.5 Å². The van der Waals surface area contributed by atoms with Crippen LogP contribution in [0.15, 0.2) is 10.7 Å². The summed E-state index contributed by atoms with van der Waals surface area (Å²) >= 11 is 3.11. The van der Waals surface area contributed by atoms with Crippen LogP contribution in [0.1, 0.15) is 5.82 Å². The average molecular weight is 300 g/mol. The number of ether oxygens (including phenoxy) is 1. The van der Waals surface area contributed by atoms with Gasteiger partial charge in [-0.1, -0.05) is 0 Å². The van der Waals surface area contributed by atoms with E-state index in [2.05, 4.69) is 30.6 Å². The molecule has 0 spiro atoms. The number of rotatable bonds is 4. The Bertz CT molecular complexity index is 359. The molecule has 0 aliphatic carbocycles. The van der Waals surface area contributed by atoms with Gasteiger partial charge in [0.1, 0.15) is 18.2 Å². The molecule has 8 heteroatoms. The summed E-state index contributed by atoms with van der Waals surface area (Å²) in [6.07, 6.45) is -2.67. The molecular weight excluding hydrogens is 291 g/mol. The van der Waals surface area contributed by atoms with Crippen molar-refractivity contribution in [1.29, 1.82) is 0 Å². The van der Waals surface area contributed by atoms with Gasteiger partial charge in [-0.2, -0.15) is 13.2 Å². The van der Waals surface area contributed by atoms with Crippen LogP contribution >= 0.6 is 15.9 Å². The van der Waals surface area contributed by atoms with Gasteiger partial charge in [0.2, 0.25) is 0 Å². The van der Waals surface area contributed by atoms with E-state index < -0.39 is 12.8 Å². The van der Waals surface area contributed by atoms with Crippen molar-refractivity contribution in [2.24, 2.45) is 0 Å². The minimum atomic E-state index is -4.31. The van der Waals surface area contributed by atoms with Gasteiger partial charge in [-0.05, 0) is 15.9 Å². The van der Waals surface area contributed by atoms with Crippen LogP contribution in [0.25, 0.3) is 0 Å². The summed E-state index contributed by atoms with van der Waals surface area (Å²) in [6, 6.07) is 0. The number of alkyl halides is 3. The van der Waals surface area contributed by atoms with Crippen LogP contribution in [0.2, 0.25) is 0 Å². The fraction of sp³-hybridized carbons (Fsp3) is 0.500. The molecule has 1 rings (SSSR count). The number of nitrogens with zero attached hydrogens (tertiary/aromatic N) is 2. The number of nitrogens with two attached hydrogens (primary N) is 1. The lowest BCUT2D eigenvalue weighted by Gasteiger charge is -2.07. The summed E-state index contributed by atoms with van der Waals surface area (Å²) in [6.45, 7) is -1.36. The predicted molar refractivity (Wildman–Crippen MR) is 54.7 cm³/mol. The summed E-state index contributed by atoms with van der Waals surface area (Å²) in [7, 11) is 0. The molecule has 0 fully saturated rings. The first-order valence-electron chi connectivity index (χ1n) is 4.30. The third kappa shape index (κ3) is 4.75. The Labute approximate surface area is 98.1 Å². The smallest absolute Gasteiger partial charge is 0.383 e. The Balaban J connectivity index is 2.35. The van der Waals surface area contributed by atoms with E-state index in [0.29, 0.717) is 10.3 Å². The van der Waals surface area contributed by atoms with E-state index in [1.54, 1.807) is 0 Å². The van der Waals surface area contributed by atoms with Crippen LogP contribution in [0, 0.1) is 0 Å². The minimum absolute atomic E-state index is 0.0966. The molecule has 1 heterocycles. The highest BCUT2D eigenvalue weighted by atomic mass is 79.9. The molecule has 0 amide bonds. The van der Waals surface area contributed by atoms with Crippen molar-refractivity contribution in [2.75, 3.05) is 18.9 Å². The fourth-order valence-corrected chi connectivity index (χ4v) is 1.08. The van der Waals surface area contributed by atoms with Crippen molar-refractivity contribution < 1.29 is 17.9 Å². The topological polar surface area (TPSA) is 61.0 Å². The minimum Gasteiger partial charge on any atom is -0.383 e. The van der Waals surface area contributed by atoms with E-state index in [0.717, 1.165) is 0 Å². The Kier molecular flexibility index (Phi) is 4.48. The first-order valence-corrected chi connectivity index (χ1v) is 5.09. The van der Waals surface area contributed by atoms with Gasteiger partial charge in [0, 0.05) is 12.6 Å². The molecule has 4 nitrogen and oxygen atoms in total. The summed E-state index contributed by atoms with van der Waals surface area (Å²) < 4.78 is 40.1. The van der Waals surface area contributed by atoms with E-state index >= 15 is 0 Å². The quantitative estimate of drug-likeness (QED) is 0.863. The summed E-state index contributed by atoms with van der Waals surface area (Å²) in [5.41, 5.74) is 5.48. The SMILES string of the molecule is Nc1nc(CCOCC(F)(F)F)ncc1Br. The lowest BCUT2D eigenvalue weighted by atomic mass is 10.4. The molecule has 1 aromatic rings. The third-order valence-corrected chi connectivity index (χ3v) is 2.17. The maximum Gasteiger partial charge on any atom is 0.411 e. The maximum absolute atomic E-state index is 11.7. The Morgan fingerprint density at radius 2 is 2.12 bits per heavy atom. The van der Waals surface area contributed by atoms with Crippen LogP contribution in [-0.4, -0.2) is 29.4 Å². The van der Waals surface area contributed by atoms with Crippen molar-refractivity contribution in [3.8, 4) is 0 Å². The highest BCUT2D eigenvalue weighted by Gasteiger charge is 2.27. The Morgan fingerprint density at radius 3 is 2.69 bits per heavy atom. The monoisotopic (exact) mass is 299 g/mol. The lowest BCUT2D eigenvalue weighted by molar-refractivity contribution is -0.173. The molecular formula is C8H9BrF3N3O. The standard InChI is InChI=1S/C8H9BrF3N3O/c9-5-3-14-6(15-7(5)13)1-2-16-4-8(10,11)12/h3H,1-2,4H2,(H2,13,14,15). The zero-order valence-electron chi connectivity index (χ0n) is 8.09. The van der Waals surface area contributed by atoms with Gasteiger partial charge in [-0.15, -0.1) is 0 Å². The first-order chi connectivity index (χ1) is 7.38. The highest BCUT2D eigenvalue weighted by Crippen LogP contribution is 2.16. The molecule has 0 aliphatic heterocycles. The number of aromatic nitrogens is 2. The second-order valence-electron chi connectivity index (χ2n) is 2.94. The Hall–Kier alpha value is -0.890. The van der Waals surface area contributed by atoms with Crippen LogP contribution < -0.4 is 5.73 Å². The molecule has 0 aromatic carbocycles. The van der Waals surface area contributed by atoms with Gasteiger partial charge in [0.15, 0.2) is 0 Å². The van der Waals surface area contributed by atoms with Crippen molar-refractivity contribution in [3.63, 3.8) is 0 Å². The summed E-state index contributed by atoms with van der Waals surface area (Å²) in [5, 5.41) is 0. The predicted octanol–water partition coefficient (Wildman–Crippen LogP) is 1.94. The molecule has 0 aliphatic rings. The van der Waals surface area contributed by atoms with Crippen LogP contribution in [-0.2, 0) is 11.2 Å². The first kappa shape index (κ1) is 13.2. The van der Waals surface area contributed by atoms with E-state index in [1.165, 1.54) is 6.20 Å². The van der Waals surface area contributed by atoms with E-state index in [9.17, 15) is 13.2 Å². The van der Waals surface area contributed by atoms with Gasteiger partial charge in [0.25, 0.3) is 0 Å². The molecule has 2 N–H and O–H groups in total. The van der Waals surface area contributed by atoms with E-state index in [4.69, 9.17) is 5.73 Å². The highest BCUT2D eigenvalue weighted by molar-refractivity contribution is 9.10. The zero-order valence-corrected chi connectivity index (χ0v) is 9.68. The van der Waals surface area contributed by atoms with Gasteiger partial charge in [0.05, 0.1) is 11.1 Å². The molecule has 0 saturated heterocycles. The molecule has 0 atom stereocenters. The van der Waals surface area contributed by atoms with Gasteiger partial charge >= 0.3 is 6.18 Å². The van der Waals surface area contributed by atoms with Gasteiger partial charge in [-0.25, -0.2) is 9.97 Å². The normalized spacial score (nSPS) is 11.8. The molecule has 90 valence electrons. The van der Waals surface area contributed by atoms with Crippen LogP contribution in [0.5, 0.6) is 0 Å². The van der Waals surface area contributed by atoms with Crippen molar-refractivity contribution in [2.45, 2.75) is 12.6 Å². The molecule has 0 bridgehead atoms. The second-order valence-corrected chi connectivity index (χ2v) is 3.79. The largest absolute Gasteiger partial charge is 0.411 e. The molecule has 1 aromatic heterocycles. The molecule has 0 radical (unpaired) electrons. The second kappa shape index (κ2) is 5.44. The number of halogens is 4. The number of hydrogen-bond donors (Lipinski definition) is 1. The number of nitrogen functional groups attached to an aromatic ring is 1. The van der Waals surface area contributed by atoms with Crippen LogP contribution in [0.4, 0.5) is 19.0 Å². The van der Waals surface area contributed by atoms with E-state index in [1.807, 2.05) is 0 Å². The van der Waals surface area contributed by atoms with E-state index in [-0.39, 0.29) is 18.8 Å². The fourth-order valence-electron chi connectivity index (χ4n) is 0.890. The summed E-state index contributed by atoms with van der Waals surface area (Å²) in [5.74, 6) is 0.601.